The van der Waals surface area contributed by atoms with Crippen LogP contribution in [0.3, 0.4) is 0 Å². The van der Waals surface area contributed by atoms with Gasteiger partial charge in [-0.15, -0.1) is 0 Å². The third-order valence-corrected chi connectivity index (χ3v) is 9.10. The lowest BCUT2D eigenvalue weighted by Gasteiger charge is -2.24. The van der Waals surface area contributed by atoms with E-state index < -0.39 is 61.5 Å². The van der Waals surface area contributed by atoms with Crippen LogP contribution in [-0.2, 0) is 26.3 Å². The van der Waals surface area contributed by atoms with Crippen LogP contribution in [0.1, 0.15) is 77.3 Å². The fourth-order valence-corrected chi connectivity index (χ4v) is 6.39. The van der Waals surface area contributed by atoms with Crippen molar-refractivity contribution in [1.29, 1.82) is 0 Å². The van der Waals surface area contributed by atoms with Gasteiger partial charge in [0.25, 0.3) is 11.8 Å². The van der Waals surface area contributed by atoms with E-state index in [1.165, 1.54) is 30.3 Å². The summed E-state index contributed by atoms with van der Waals surface area (Å²) >= 11 is 0. The van der Waals surface area contributed by atoms with Gasteiger partial charge in [0.15, 0.2) is 0 Å². The average Bonchev–Trinajstić information content (AvgIpc) is 3.27. The Balaban J connectivity index is 1.67. The molecule has 2 amide bonds. The zero-order valence-electron chi connectivity index (χ0n) is 36.4. The van der Waals surface area contributed by atoms with Crippen molar-refractivity contribution in [1.82, 2.24) is 18.5 Å². The van der Waals surface area contributed by atoms with E-state index in [0.717, 1.165) is 7.05 Å². The maximum atomic E-state index is 14.4. The standard InChI is InChI=1S/C32H38N4O6S/c1-34-13-15-42-16-14-35(2)43(39,40)33-31(37)22-9-11-27-28(19-22)36-20-24(32(34)38)17-23-18-25(41-3)10-12-26(23)30(36)29(27)21-7-5-4-6-8-21/h9-12,17-19,21H,4-8,13-16,20H2,1-3H3,(H,33,37)/i3D3,4D2,13D2,14D2,15D2,16D2. The summed E-state index contributed by atoms with van der Waals surface area (Å²) in [5, 5.41) is 0.544. The Morgan fingerprint density at radius 1 is 1.07 bits per heavy atom. The zero-order valence-corrected chi connectivity index (χ0v) is 24.2. The molecule has 6 rings (SSSR count). The van der Waals surface area contributed by atoms with Crippen LogP contribution in [0.2, 0.25) is 0 Å². The highest BCUT2D eigenvalue weighted by Gasteiger charge is 2.31. The normalized spacial score (nSPS) is 31.1. The van der Waals surface area contributed by atoms with E-state index in [-0.39, 0.29) is 57.6 Å². The Morgan fingerprint density at radius 3 is 2.65 bits per heavy atom. The van der Waals surface area contributed by atoms with Gasteiger partial charge >= 0.3 is 10.2 Å². The van der Waals surface area contributed by atoms with Gasteiger partial charge in [0.2, 0.25) is 0 Å². The molecule has 2 aliphatic heterocycles. The first kappa shape index (κ1) is 17.6. The van der Waals surface area contributed by atoms with Gasteiger partial charge in [0.05, 0.1) is 44.7 Å². The molecule has 3 heterocycles. The quantitative estimate of drug-likeness (QED) is 0.462. The molecule has 1 aliphatic carbocycles. The predicted octanol–water partition coefficient (Wildman–Crippen LogP) is 4.16. The highest BCUT2D eigenvalue weighted by Crippen LogP contribution is 2.47. The number of carbonyl (C=O) groups excluding carboxylic acids is 2. The van der Waals surface area contributed by atoms with Crippen molar-refractivity contribution >= 4 is 39.0 Å². The molecule has 0 unspecified atom stereocenters. The van der Waals surface area contributed by atoms with E-state index in [2.05, 4.69) is 0 Å². The first-order valence-electron chi connectivity index (χ1n) is 20.0. The number of rotatable bonds is 2. The molecule has 11 heteroatoms. The molecule has 3 aliphatic rings. The minimum atomic E-state index is -5.26. The van der Waals surface area contributed by atoms with Crippen LogP contribution in [0, 0.1) is 0 Å². The second-order valence-corrected chi connectivity index (χ2v) is 12.1. The zero-order chi connectivity index (χ0) is 41.8. The molecular formula is C32H38N4O6S. The molecule has 1 aromatic heterocycles. The van der Waals surface area contributed by atoms with Crippen LogP contribution in [0.25, 0.3) is 28.2 Å². The van der Waals surface area contributed by atoms with Crippen molar-refractivity contribution in [3.8, 4) is 17.0 Å². The molecule has 0 spiro atoms. The minimum absolute atomic E-state index is 0.117. The fraction of sp³-hybridized carbons (Fsp3) is 0.438. The lowest BCUT2D eigenvalue weighted by molar-refractivity contribution is -0.126. The summed E-state index contributed by atoms with van der Waals surface area (Å²) < 4.78 is 147. The van der Waals surface area contributed by atoms with Gasteiger partial charge in [0, 0.05) is 60.2 Å². The van der Waals surface area contributed by atoms with Gasteiger partial charge in [-0.2, -0.15) is 12.7 Å². The Hall–Kier alpha value is -3.67. The number of hydrogen-bond donors (Lipinski definition) is 1. The van der Waals surface area contributed by atoms with Crippen molar-refractivity contribution in [3.63, 3.8) is 0 Å². The number of aromatic nitrogens is 1. The van der Waals surface area contributed by atoms with E-state index in [1.54, 1.807) is 21.4 Å². The molecule has 0 radical (unpaired) electrons. The Morgan fingerprint density at radius 2 is 1.86 bits per heavy atom. The molecular weight excluding hydrogens is 568 g/mol. The van der Waals surface area contributed by atoms with Crippen molar-refractivity contribution in [2.45, 2.75) is 44.5 Å². The van der Waals surface area contributed by atoms with Crippen LogP contribution in [-0.4, -0.2) is 81.2 Å². The summed E-state index contributed by atoms with van der Waals surface area (Å²) in [6, 6.07) is 8.52. The summed E-state index contributed by atoms with van der Waals surface area (Å²) in [4.78, 5) is 28.4. The lowest BCUT2D eigenvalue weighted by atomic mass is 9.81. The number of likely N-dealkylation sites (N-methyl/N-ethyl adjacent to an activating group) is 2. The summed E-state index contributed by atoms with van der Waals surface area (Å²) in [7, 11) is -6.69. The van der Waals surface area contributed by atoms with E-state index in [0.29, 0.717) is 47.0 Å². The van der Waals surface area contributed by atoms with E-state index in [1.807, 2.05) is 0 Å². The van der Waals surface area contributed by atoms with Gasteiger partial charge in [-0.05, 0) is 66.3 Å². The molecule has 0 atom stereocenters. The predicted molar refractivity (Wildman–Crippen MR) is 165 cm³/mol. The van der Waals surface area contributed by atoms with E-state index in [4.69, 9.17) is 27.3 Å². The van der Waals surface area contributed by atoms with Crippen LogP contribution in [0.15, 0.2) is 42.0 Å². The third-order valence-electron chi connectivity index (χ3n) is 7.85. The van der Waals surface area contributed by atoms with Gasteiger partial charge in [-0.3, -0.25) is 9.59 Å². The first-order valence-corrected chi connectivity index (χ1v) is 14.9. The maximum Gasteiger partial charge on any atom is 0.303 e. The molecule has 1 N–H and O–H groups in total. The summed E-state index contributed by atoms with van der Waals surface area (Å²) in [6.45, 7) is -15.5. The molecule has 1 fully saturated rings. The second-order valence-electron chi connectivity index (χ2n) is 10.4. The summed E-state index contributed by atoms with van der Waals surface area (Å²) in [5.74, 6) is -2.81. The van der Waals surface area contributed by atoms with Gasteiger partial charge in [0.1, 0.15) is 5.75 Å². The van der Waals surface area contributed by atoms with Crippen molar-refractivity contribution in [2.24, 2.45) is 0 Å². The number of nitrogens with zero attached hydrogens (tertiary/aromatic N) is 3. The number of fused-ring (bicyclic) bond motifs is 4. The molecule has 1 saturated carbocycles. The lowest BCUT2D eigenvalue weighted by Crippen LogP contribution is -2.42. The Kier molecular flexibility index (Phi) is 4.82. The van der Waals surface area contributed by atoms with Crippen LogP contribution >= 0.6 is 0 Å². The number of carbonyl (C=O) groups is 2. The second kappa shape index (κ2) is 11.8. The largest absolute Gasteiger partial charge is 0.497 e. The Labute approximate surface area is 270 Å². The van der Waals surface area contributed by atoms with Gasteiger partial charge in [-0.25, -0.2) is 4.72 Å². The monoisotopic (exact) mass is 619 g/mol. The number of benzene rings is 2. The molecule has 0 saturated heterocycles. The summed E-state index contributed by atoms with van der Waals surface area (Å²) in [6.07, 6.45) is 1.13. The van der Waals surface area contributed by atoms with Crippen molar-refractivity contribution in [3.05, 3.63) is 58.7 Å². The minimum Gasteiger partial charge on any atom is -0.497 e. The van der Waals surface area contributed by atoms with Crippen molar-refractivity contribution < 1.29 is 45.3 Å². The average molecular weight is 620 g/mol. The Bertz CT molecular complexity index is 2260. The number of hydrogen-bond acceptors (Lipinski definition) is 6. The number of amides is 2. The number of nitrogens with one attached hydrogen (secondary N) is 1. The molecule has 10 nitrogen and oxygen atoms in total. The topological polar surface area (TPSA) is 110 Å². The van der Waals surface area contributed by atoms with Gasteiger partial charge < -0.3 is 18.9 Å². The summed E-state index contributed by atoms with van der Waals surface area (Å²) in [5.41, 5.74) is 1.67. The maximum absolute atomic E-state index is 14.4. The van der Waals surface area contributed by atoms with Crippen molar-refractivity contribution in [2.75, 3.05) is 47.2 Å². The smallest absolute Gasteiger partial charge is 0.303 e. The van der Waals surface area contributed by atoms with Crippen LogP contribution in [0.5, 0.6) is 5.75 Å². The van der Waals surface area contributed by atoms with Gasteiger partial charge in [-0.1, -0.05) is 25.3 Å². The first-order chi connectivity index (χ1) is 25.5. The molecule has 2 aromatic carbocycles. The van der Waals surface area contributed by atoms with Crippen LogP contribution in [0.4, 0.5) is 0 Å². The van der Waals surface area contributed by atoms with Crippen LogP contribution < -0.4 is 9.46 Å². The highest BCUT2D eigenvalue weighted by atomic mass is 32.2. The number of methoxy groups -OCH3 is 1. The number of ether oxygens (including phenoxy) is 2. The fourth-order valence-electron chi connectivity index (χ4n) is 5.74. The highest BCUT2D eigenvalue weighted by molar-refractivity contribution is 7.87. The molecule has 43 heavy (non-hydrogen) atoms. The molecule has 4 bridgehead atoms. The third kappa shape index (κ3) is 5.57. The molecule has 3 aromatic rings. The van der Waals surface area contributed by atoms with E-state index in [9.17, 15) is 18.0 Å². The SMILES string of the molecule is [2H]C1([2H])CCC(c2c3n4c5cc(ccc25)C(=O)NS(=O)(=O)N(C)C([2H])([2H])C([2H])([2H])OC([2H])([2H])C([2H])([2H])N(C)C(=O)C(=Cc2cc(OC([2H])([2H])[2H])ccc2-3)C4)CC1. The molecule has 228 valence electrons. The van der Waals surface area contributed by atoms with E-state index >= 15 is 0 Å².